The van der Waals surface area contributed by atoms with E-state index in [0.29, 0.717) is 93.6 Å². The van der Waals surface area contributed by atoms with E-state index < -0.39 is 103 Å². The van der Waals surface area contributed by atoms with Crippen LogP contribution in [0.25, 0.3) is 0 Å². The summed E-state index contributed by atoms with van der Waals surface area (Å²) in [6.07, 6.45) is 3.91. The summed E-state index contributed by atoms with van der Waals surface area (Å²) in [5.74, 6) is 3.90. The molecule has 0 aliphatic heterocycles. The Labute approximate surface area is 869 Å². The normalized spacial score (nSPS) is 12.2. The van der Waals surface area contributed by atoms with E-state index >= 15 is 0 Å². The first-order valence-corrected chi connectivity index (χ1v) is 49.7. The van der Waals surface area contributed by atoms with Crippen molar-refractivity contribution in [2.75, 3.05) is 127 Å². The van der Waals surface area contributed by atoms with Crippen molar-refractivity contribution in [2.24, 2.45) is 23.7 Å². The SMILES string of the molecule is CC(=N)CC(C)Cc1ccc(OCCF)cc1.CC(=N)CCC(C)c1ccc(OCCF)cc1.CC(=N)CCCc1ccc(OCCF)c(Br)c1.CC(C)[C@H](O)c1cc(O)cc(OCCF)c1.CC(C)[C@H](O)c1ccc(OCCF)c(O)c1.CC(C)[C@H](O)c1ccc(OCCF)c(O)c1.CC[C@H](O)c1cc(C)c(OCCF)c(OC)c1.CC[C@H](O)c1cc(O)c(OCCF)c(O)c1.CC[C@H](O)c1ccc(OCCF)cc1F. The highest BCUT2D eigenvalue weighted by Crippen LogP contribution is 2.41. The molecule has 24 nitrogen and oxygen atoms in total. The van der Waals surface area contributed by atoms with E-state index in [1.807, 2.05) is 149 Å². The summed E-state index contributed by atoms with van der Waals surface area (Å²) in [7, 11) is 1.53. The predicted octanol–water partition coefficient (Wildman–Crippen LogP) is 26.4. The molecule has 9 aromatic carbocycles. The molecule has 2 unspecified atom stereocenters. The van der Waals surface area contributed by atoms with E-state index in [4.69, 9.17) is 63.6 Å². The fraction of sp³-hybridized carbons (Fsp3) is 0.491. The molecule has 0 fully saturated rings. The van der Waals surface area contributed by atoms with Gasteiger partial charge in [-0.3, -0.25) is 0 Å². The van der Waals surface area contributed by atoms with Crippen molar-refractivity contribution in [3.63, 3.8) is 0 Å². The molecule has 0 bridgehead atoms. The maximum Gasteiger partial charge on any atom is 0.203 e. The van der Waals surface area contributed by atoms with E-state index in [0.717, 1.165) is 78.0 Å². The first kappa shape index (κ1) is 134. The molecule has 0 radical (unpaired) electrons. The average Bonchev–Trinajstić information content (AvgIpc) is 0.833. The Balaban J connectivity index is 0.000000827. The number of methoxy groups -OCH3 is 1. The minimum atomic E-state index is -0.805. The van der Waals surface area contributed by atoms with Crippen LogP contribution >= 0.6 is 15.9 Å². The lowest BCUT2D eigenvalue weighted by Gasteiger charge is -2.16. The van der Waals surface area contributed by atoms with Crippen LogP contribution in [-0.2, 0) is 12.8 Å². The number of alkyl halides is 9. The van der Waals surface area contributed by atoms with Gasteiger partial charge in [-0.2, -0.15) is 0 Å². The van der Waals surface area contributed by atoms with Crippen molar-refractivity contribution in [1.29, 1.82) is 16.2 Å². The van der Waals surface area contributed by atoms with Crippen molar-refractivity contribution in [1.82, 2.24) is 0 Å². The number of aryl methyl sites for hydroxylation is 2. The third kappa shape index (κ3) is 54.9. The predicted molar refractivity (Wildman–Crippen MR) is 562 cm³/mol. The molecule has 0 aromatic heterocycles. The first-order valence-electron chi connectivity index (χ1n) is 48.9. The smallest absolute Gasteiger partial charge is 0.203 e. The molecular formula is C112H156BrF10N3O21. The number of phenols is 5. The lowest BCUT2D eigenvalue weighted by atomic mass is 9.95. The molecule has 35 heteroatoms. The van der Waals surface area contributed by atoms with Crippen LogP contribution in [0.1, 0.15) is 246 Å². The molecule has 0 amide bonds. The Morgan fingerprint density at radius 3 is 1.15 bits per heavy atom. The summed E-state index contributed by atoms with van der Waals surface area (Å²) in [4.78, 5) is 0. The molecule has 822 valence electrons. The zero-order valence-corrected chi connectivity index (χ0v) is 89.0. The van der Waals surface area contributed by atoms with Gasteiger partial charge in [-0.1, -0.05) is 119 Å². The standard InChI is InChI=1S/2C14H20FNO.C13H17BrFNO.C13H19FO3.3C12H17FO3.C11H14F2O2.C11H15FO4/c1-11(9-12(2)16)10-13-3-5-14(6-4-13)17-8-7-15;1-11(3-4-12(2)16)13-5-7-14(8-6-13)17-10-9-15;1-10(16)3-2-4-11-5-6-13(12(14)9-11)17-8-7-15;1-4-11(15)10-7-9(2)13(17-6-5-14)12(8-10)16-3;1-8(2)12(15)9-5-10(14)7-11(6-9)16-4-3-13;2*1-8(2)12(15)9-3-4-11(10(14)7-9)16-6-5-13;1-2-11(14)9-4-3-8(7-10(9)13)15-6-5-12;1-2-8(13)7-5-9(14)11(10(15)6-7)16-4-3-12/h3-6,11,16H,7-10H2,1-2H3;5-8,11,16H,3-4,9-10H2,1-2H3;5-6,9,16H,2-4,7-8H2,1H3;7-8,11,15H,4-6H2,1-3H3;5-8,12,14-15H,3-4H2,1-2H3;2*3-4,7-8,12,14-15H,5-6H2,1-2H3;3-4,7,11,14H,2,5-6H2,1H3;5-6,8,13-15H,2-4H2,1H3/t;;;11-;3*12-;11-;8-/m...000000/s1. The van der Waals surface area contributed by atoms with E-state index in [2.05, 4.69) is 29.8 Å². The van der Waals surface area contributed by atoms with E-state index in [-0.39, 0.29) is 135 Å². The Kier molecular flexibility index (Phi) is 69.9. The summed E-state index contributed by atoms with van der Waals surface area (Å²) in [5, 5.41) is 128. The fourth-order valence-electron chi connectivity index (χ4n) is 13.5. The quantitative estimate of drug-likeness (QED) is 0.0124. The molecule has 0 heterocycles. The van der Waals surface area contributed by atoms with Crippen molar-refractivity contribution in [2.45, 2.75) is 211 Å². The van der Waals surface area contributed by atoms with Gasteiger partial charge < -0.3 is 120 Å². The number of rotatable bonds is 52. The Morgan fingerprint density at radius 2 is 0.735 bits per heavy atom. The van der Waals surface area contributed by atoms with Gasteiger partial charge in [0, 0.05) is 34.8 Å². The highest BCUT2D eigenvalue weighted by molar-refractivity contribution is 9.10. The van der Waals surface area contributed by atoms with Crippen molar-refractivity contribution in [3.05, 3.63) is 230 Å². The topological polar surface area (TPSA) is 386 Å². The van der Waals surface area contributed by atoms with E-state index in [9.17, 15) is 100 Å². The molecule has 0 saturated carbocycles. The Bertz CT molecular complexity index is 5030. The molecule has 0 aliphatic rings. The number of aliphatic hydroxyl groups is 6. The number of aliphatic hydroxyl groups excluding tert-OH is 6. The number of phenolic OH excluding ortho intramolecular Hbond substituents is 5. The summed E-state index contributed by atoms with van der Waals surface area (Å²) < 4.78 is 172. The third-order valence-electron chi connectivity index (χ3n) is 21.2. The van der Waals surface area contributed by atoms with Gasteiger partial charge in [0.05, 0.1) is 48.2 Å². The maximum atomic E-state index is 13.4. The molecule has 8 atom stereocenters. The summed E-state index contributed by atoms with van der Waals surface area (Å²) in [5.41, 5.74) is 9.90. The highest BCUT2D eigenvalue weighted by Gasteiger charge is 2.22. The number of hydrogen-bond acceptors (Lipinski definition) is 24. The fourth-order valence-corrected chi connectivity index (χ4v) is 14.0. The van der Waals surface area contributed by atoms with Crippen molar-refractivity contribution < 1.29 is 147 Å². The van der Waals surface area contributed by atoms with Gasteiger partial charge in [-0.15, -0.1) is 0 Å². The molecule has 9 aromatic rings. The van der Waals surface area contributed by atoms with Gasteiger partial charge >= 0.3 is 0 Å². The molecule has 14 N–H and O–H groups in total. The molecule has 147 heavy (non-hydrogen) atoms. The minimum Gasteiger partial charge on any atom is -0.508 e. The van der Waals surface area contributed by atoms with Crippen LogP contribution in [0.5, 0.6) is 86.2 Å². The number of ether oxygens (including phenoxy) is 10. The zero-order valence-electron chi connectivity index (χ0n) is 87.4. The number of hydrogen-bond donors (Lipinski definition) is 14. The van der Waals surface area contributed by atoms with Gasteiger partial charge in [0.15, 0.2) is 46.0 Å². The second-order valence-corrected chi connectivity index (χ2v) is 35.8. The van der Waals surface area contributed by atoms with E-state index in [1.165, 1.54) is 84.5 Å². The van der Waals surface area contributed by atoms with Crippen LogP contribution in [0, 0.1) is 52.6 Å². The van der Waals surface area contributed by atoms with Gasteiger partial charge in [0.2, 0.25) is 5.75 Å². The lowest BCUT2D eigenvalue weighted by Crippen LogP contribution is -2.06. The van der Waals surface area contributed by atoms with Crippen LogP contribution in [0.3, 0.4) is 0 Å². The van der Waals surface area contributed by atoms with Crippen LogP contribution < -0.4 is 47.4 Å². The second-order valence-electron chi connectivity index (χ2n) is 35.0. The summed E-state index contributed by atoms with van der Waals surface area (Å²) in [6, 6.07) is 45.4. The number of aromatic hydroxyl groups is 5. The Hall–Kier alpha value is -11.5. The number of halogens is 11. The maximum absolute atomic E-state index is 13.4. The monoisotopic (exact) mass is 2150 g/mol. The van der Waals surface area contributed by atoms with Gasteiger partial charge in [0.25, 0.3) is 0 Å². The molecule has 0 spiro atoms. The zero-order chi connectivity index (χ0) is 111. The summed E-state index contributed by atoms with van der Waals surface area (Å²) >= 11 is 3.41. The van der Waals surface area contributed by atoms with Crippen molar-refractivity contribution in [3.8, 4) is 86.2 Å². The highest BCUT2D eigenvalue weighted by atomic mass is 79.9. The first-order chi connectivity index (χ1) is 69.9. The largest absolute Gasteiger partial charge is 0.508 e. The number of nitrogens with one attached hydrogen (secondary N) is 3. The van der Waals surface area contributed by atoms with Gasteiger partial charge in [-0.25, -0.2) is 43.9 Å². The molecule has 0 saturated heterocycles. The number of benzene rings is 9. The third-order valence-corrected chi connectivity index (χ3v) is 21.8. The van der Waals surface area contributed by atoms with Gasteiger partial charge in [-0.05, 0) is 297 Å². The molecule has 9 rings (SSSR count). The Morgan fingerprint density at radius 1 is 0.354 bits per heavy atom. The molecule has 0 aliphatic carbocycles. The summed E-state index contributed by atoms with van der Waals surface area (Å²) in [6.45, 7) is 23.1. The lowest BCUT2D eigenvalue weighted by molar-refractivity contribution is 0.126. The van der Waals surface area contributed by atoms with Crippen LogP contribution in [0.15, 0.2) is 168 Å². The van der Waals surface area contributed by atoms with Crippen LogP contribution in [-0.4, -0.2) is 200 Å². The van der Waals surface area contributed by atoms with Gasteiger partial charge in [0.1, 0.15) is 160 Å². The minimum absolute atomic E-state index is 0.00561. The van der Waals surface area contributed by atoms with Crippen LogP contribution in [0.4, 0.5) is 43.9 Å². The average molecular weight is 2150 g/mol. The second kappa shape index (κ2) is 77.0. The molecular weight excluding hydrogens is 1990 g/mol. The van der Waals surface area contributed by atoms with Crippen molar-refractivity contribution >= 4 is 33.1 Å². The van der Waals surface area contributed by atoms with Crippen LogP contribution in [0.2, 0.25) is 0 Å². The van der Waals surface area contributed by atoms with E-state index in [1.54, 1.807) is 38.1 Å².